The van der Waals surface area contributed by atoms with Gasteiger partial charge in [-0.25, -0.2) is 5.01 Å². The number of hydrogen-bond donors (Lipinski definition) is 2. The lowest BCUT2D eigenvalue weighted by Crippen LogP contribution is -2.25. The van der Waals surface area contributed by atoms with Crippen LogP contribution in [0.15, 0.2) is 34.2 Å². The van der Waals surface area contributed by atoms with Gasteiger partial charge in [-0.1, -0.05) is 25.5 Å². The van der Waals surface area contributed by atoms with E-state index in [1.165, 1.54) is 16.5 Å². The maximum Gasteiger partial charge on any atom is 0.264 e. The van der Waals surface area contributed by atoms with Gasteiger partial charge in [0.05, 0.1) is 11.8 Å². The zero-order valence-corrected chi connectivity index (χ0v) is 19.9. The molecule has 1 aliphatic rings. The fraction of sp³-hybridized carbons (Fsp3) is 0.478. The quantitative estimate of drug-likeness (QED) is 0.585. The zero-order chi connectivity index (χ0) is 23.4. The Morgan fingerprint density at radius 1 is 1.25 bits per heavy atom. The first-order valence-corrected chi connectivity index (χ1v) is 11.5. The summed E-state index contributed by atoms with van der Waals surface area (Å²) in [6.07, 6.45) is 2.05. The van der Waals surface area contributed by atoms with Crippen LogP contribution in [0, 0.1) is 4.77 Å². The molecule has 0 radical (unpaired) electrons. The highest BCUT2D eigenvalue weighted by Crippen LogP contribution is 2.34. The van der Waals surface area contributed by atoms with E-state index in [1.807, 2.05) is 31.2 Å². The minimum absolute atomic E-state index is 0.0724. The molecule has 9 heteroatoms. The summed E-state index contributed by atoms with van der Waals surface area (Å²) in [5.41, 5.74) is 1.98. The molecule has 0 spiro atoms. The van der Waals surface area contributed by atoms with E-state index in [4.69, 9.17) is 12.2 Å². The van der Waals surface area contributed by atoms with Gasteiger partial charge in [-0.2, -0.15) is 5.10 Å². The Kier molecular flexibility index (Phi) is 7.50. The smallest absolute Gasteiger partial charge is 0.264 e. The van der Waals surface area contributed by atoms with Crippen molar-refractivity contribution in [2.75, 3.05) is 18.0 Å². The summed E-state index contributed by atoms with van der Waals surface area (Å²) in [7, 11) is 0. The standard InChI is InChI=1S/C23H31N5O3S/c1-5-8-13-27-22(31)20(21(30)24-23(27)32)18-14-19(28(25-18)15(4)29)16-9-11-17(12-10-16)26(6-2)7-3/h9-12,19,31H,5-8,13-14H2,1-4H3,(H,24,30,32). The fourth-order valence-corrected chi connectivity index (χ4v) is 4.32. The summed E-state index contributed by atoms with van der Waals surface area (Å²) in [5.74, 6) is -0.431. The number of hydrogen-bond acceptors (Lipinski definition) is 6. The fourth-order valence-electron chi connectivity index (χ4n) is 4.05. The minimum Gasteiger partial charge on any atom is -0.494 e. The van der Waals surface area contributed by atoms with Gasteiger partial charge in [0, 0.05) is 38.7 Å². The van der Waals surface area contributed by atoms with E-state index >= 15 is 0 Å². The summed E-state index contributed by atoms with van der Waals surface area (Å²) >= 11 is 5.23. The van der Waals surface area contributed by atoms with Crippen molar-refractivity contribution in [3.63, 3.8) is 0 Å². The third-order valence-electron chi connectivity index (χ3n) is 5.84. The van der Waals surface area contributed by atoms with Crippen LogP contribution < -0.4 is 10.5 Å². The number of carbonyl (C=O) groups is 1. The van der Waals surface area contributed by atoms with Gasteiger partial charge in [-0.15, -0.1) is 0 Å². The molecular weight excluding hydrogens is 426 g/mol. The molecule has 0 aliphatic carbocycles. The number of aromatic hydroxyl groups is 1. The van der Waals surface area contributed by atoms with E-state index in [2.05, 4.69) is 28.8 Å². The number of rotatable bonds is 8. The molecule has 3 rings (SSSR count). The molecular formula is C23H31N5O3S. The van der Waals surface area contributed by atoms with E-state index in [0.717, 1.165) is 37.2 Å². The van der Waals surface area contributed by atoms with Crippen LogP contribution >= 0.6 is 12.2 Å². The largest absolute Gasteiger partial charge is 0.494 e. The SMILES string of the molecule is CCCCn1c(O)c(C2=NN(C(C)=O)C(c3ccc(N(CC)CC)cc3)C2)c(=O)[nH]c1=S. The van der Waals surface area contributed by atoms with E-state index in [0.29, 0.717) is 18.7 Å². The summed E-state index contributed by atoms with van der Waals surface area (Å²) in [5, 5.41) is 16.7. The Balaban J connectivity index is 1.98. The van der Waals surface area contributed by atoms with Gasteiger partial charge in [-0.3, -0.25) is 19.1 Å². The Hall–Kier alpha value is -2.94. The van der Waals surface area contributed by atoms with Crippen molar-refractivity contribution >= 4 is 29.5 Å². The molecule has 2 N–H and O–H groups in total. The topological polar surface area (TPSA) is 93.9 Å². The number of nitrogens with zero attached hydrogens (tertiary/aromatic N) is 4. The molecule has 8 nitrogen and oxygen atoms in total. The highest BCUT2D eigenvalue weighted by Gasteiger charge is 2.34. The molecule has 1 atom stereocenters. The van der Waals surface area contributed by atoms with E-state index in [1.54, 1.807) is 0 Å². The molecule has 1 aliphatic heterocycles. The maximum atomic E-state index is 12.7. The molecule has 1 unspecified atom stereocenters. The third kappa shape index (κ3) is 4.62. The predicted octanol–water partition coefficient (Wildman–Crippen LogP) is 3.96. The van der Waals surface area contributed by atoms with Gasteiger partial charge in [-0.05, 0) is 50.2 Å². The average Bonchev–Trinajstić information content (AvgIpc) is 3.20. The van der Waals surface area contributed by atoms with E-state index in [-0.39, 0.29) is 28.2 Å². The Labute approximate surface area is 193 Å². The number of nitrogens with one attached hydrogen (secondary N) is 1. The number of hydrazone groups is 1. The van der Waals surface area contributed by atoms with Gasteiger partial charge in [0.2, 0.25) is 11.8 Å². The van der Waals surface area contributed by atoms with Gasteiger partial charge in [0.25, 0.3) is 5.56 Å². The van der Waals surface area contributed by atoms with Crippen molar-refractivity contribution in [3.8, 4) is 5.88 Å². The van der Waals surface area contributed by atoms with Crippen LogP contribution in [-0.4, -0.2) is 44.4 Å². The number of aromatic nitrogens is 2. The highest BCUT2D eigenvalue weighted by molar-refractivity contribution is 7.71. The lowest BCUT2D eigenvalue weighted by Gasteiger charge is -2.23. The molecule has 0 bridgehead atoms. The summed E-state index contributed by atoms with van der Waals surface area (Å²) in [6.45, 7) is 10.0. The van der Waals surface area contributed by atoms with Crippen LogP contribution in [-0.2, 0) is 11.3 Å². The van der Waals surface area contributed by atoms with Crippen LogP contribution in [0.4, 0.5) is 5.69 Å². The molecule has 0 saturated carbocycles. The summed E-state index contributed by atoms with van der Waals surface area (Å²) in [4.78, 5) is 29.9. The van der Waals surface area contributed by atoms with Crippen molar-refractivity contribution in [1.82, 2.24) is 14.6 Å². The maximum absolute atomic E-state index is 12.7. The van der Waals surface area contributed by atoms with Crippen LogP contribution in [0.2, 0.25) is 0 Å². The molecule has 2 heterocycles. The van der Waals surface area contributed by atoms with Gasteiger partial charge < -0.3 is 10.0 Å². The second-order valence-corrected chi connectivity index (χ2v) is 8.24. The van der Waals surface area contributed by atoms with Crippen molar-refractivity contribution in [2.24, 2.45) is 5.10 Å². The first kappa shape index (κ1) is 23.7. The molecule has 172 valence electrons. The summed E-state index contributed by atoms with van der Waals surface area (Å²) in [6, 6.07) is 7.70. The van der Waals surface area contributed by atoms with Gasteiger partial charge in [0.1, 0.15) is 5.56 Å². The second-order valence-electron chi connectivity index (χ2n) is 7.86. The summed E-state index contributed by atoms with van der Waals surface area (Å²) < 4.78 is 1.69. The normalized spacial score (nSPS) is 15.7. The predicted molar refractivity (Wildman–Crippen MR) is 129 cm³/mol. The number of aromatic amines is 1. The molecule has 1 aromatic heterocycles. The Bertz CT molecular complexity index is 1120. The molecule has 1 amide bonds. The van der Waals surface area contributed by atoms with E-state index < -0.39 is 5.56 Å². The number of amides is 1. The molecule has 32 heavy (non-hydrogen) atoms. The van der Waals surface area contributed by atoms with E-state index in [9.17, 15) is 14.7 Å². The average molecular weight is 458 g/mol. The van der Waals surface area contributed by atoms with Crippen molar-refractivity contribution < 1.29 is 9.90 Å². The first-order chi connectivity index (χ1) is 15.3. The van der Waals surface area contributed by atoms with Crippen LogP contribution in [0.1, 0.15) is 64.1 Å². The minimum atomic E-state index is -0.500. The third-order valence-corrected chi connectivity index (χ3v) is 6.16. The lowest BCUT2D eigenvalue weighted by atomic mass is 9.98. The van der Waals surface area contributed by atoms with Gasteiger partial charge in [0.15, 0.2) is 4.77 Å². The van der Waals surface area contributed by atoms with Crippen LogP contribution in [0.25, 0.3) is 0 Å². The molecule has 1 aromatic carbocycles. The van der Waals surface area contributed by atoms with Gasteiger partial charge >= 0.3 is 0 Å². The van der Waals surface area contributed by atoms with Crippen molar-refractivity contribution in [2.45, 2.75) is 59.5 Å². The van der Waals surface area contributed by atoms with Crippen LogP contribution in [0.3, 0.4) is 0 Å². The Morgan fingerprint density at radius 2 is 1.91 bits per heavy atom. The zero-order valence-electron chi connectivity index (χ0n) is 19.1. The van der Waals surface area contributed by atoms with Crippen molar-refractivity contribution in [1.29, 1.82) is 0 Å². The number of anilines is 1. The Morgan fingerprint density at radius 3 is 2.47 bits per heavy atom. The number of benzene rings is 1. The monoisotopic (exact) mass is 457 g/mol. The number of unbranched alkanes of at least 4 members (excludes halogenated alkanes) is 1. The molecule has 0 saturated heterocycles. The molecule has 0 fully saturated rings. The highest BCUT2D eigenvalue weighted by atomic mass is 32.1. The first-order valence-electron chi connectivity index (χ1n) is 11.1. The van der Waals surface area contributed by atoms with Crippen LogP contribution in [0.5, 0.6) is 5.88 Å². The number of carbonyl (C=O) groups excluding carboxylic acids is 1. The van der Waals surface area contributed by atoms with Crippen molar-refractivity contribution in [3.05, 3.63) is 50.5 Å². The second kappa shape index (κ2) is 10.1. The number of H-pyrrole nitrogens is 1. The lowest BCUT2D eigenvalue weighted by molar-refractivity contribution is -0.130. The molecule has 2 aromatic rings.